The van der Waals surface area contributed by atoms with E-state index < -0.39 is 31.5 Å². The van der Waals surface area contributed by atoms with Crippen LogP contribution in [0.15, 0.2) is 97.1 Å². The average molecular weight is 548 g/mol. The van der Waals surface area contributed by atoms with E-state index in [1.165, 1.54) is 36.4 Å². The van der Waals surface area contributed by atoms with Crippen molar-refractivity contribution < 1.29 is 33.7 Å². The number of β-lactam (4-membered cyclic amide) rings is 1. The number of carbonyl (C=O) groups excluding carboxylic acids is 1. The number of aromatic hydroxyl groups is 1. The number of para-hydroxylation sites is 1. The van der Waals surface area contributed by atoms with Crippen LogP contribution in [0.4, 0.5) is 10.1 Å². The number of hydrogen-bond donors (Lipinski definition) is 4. The summed E-state index contributed by atoms with van der Waals surface area (Å²) in [6.07, 6.45) is -0.223. The van der Waals surface area contributed by atoms with Crippen LogP contribution in [0, 0.1) is 11.7 Å². The number of phenols is 1. The minimum atomic E-state index is -4.36. The molecule has 3 atom stereocenters. The fourth-order valence-electron chi connectivity index (χ4n) is 5.07. The zero-order chi connectivity index (χ0) is 27.7. The van der Waals surface area contributed by atoms with Gasteiger partial charge in [-0.2, -0.15) is 0 Å². The number of hydrogen-bond acceptors (Lipinski definition) is 4. The van der Waals surface area contributed by atoms with Gasteiger partial charge < -0.3 is 24.9 Å². The molecule has 0 radical (unpaired) electrons. The number of aliphatic hydroxyl groups is 1. The van der Waals surface area contributed by atoms with Gasteiger partial charge in [0.1, 0.15) is 11.6 Å². The first-order valence-electron chi connectivity index (χ1n) is 12.4. The van der Waals surface area contributed by atoms with E-state index in [-0.39, 0.29) is 23.4 Å². The van der Waals surface area contributed by atoms with Crippen LogP contribution in [0.2, 0.25) is 0 Å². The summed E-state index contributed by atoms with van der Waals surface area (Å²) in [5.74, 6) is -1.02. The first kappa shape index (κ1) is 26.8. The zero-order valence-electron chi connectivity index (χ0n) is 20.8. The normalized spacial score (nSPS) is 18.1. The predicted octanol–water partition coefficient (Wildman–Crippen LogP) is 5.22. The maximum absolute atomic E-state index is 13.3. The number of halogens is 1. The molecule has 1 unspecified atom stereocenters. The third kappa shape index (κ3) is 5.51. The third-order valence-corrected chi connectivity index (χ3v) is 8.11. The lowest BCUT2D eigenvalue weighted by atomic mass is 9.77. The Balaban J connectivity index is 1.42. The van der Waals surface area contributed by atoms with Gasteiger partial charge in [-0.05, 0) is 72.0 Å². The number of phenolic OH excluding ortho intramolecular Hbond substituents is 1. The summed E-state index contributed by atoms with van der Waals surface area (Å²) in [5.41, 5.74) is 3.12. The number of carbonyl (C=O) groups is 1. The molecule has 1 heterocycles. The lowest BCUT2D eigenvalue weighted by molar-refractivity contribution is -0.131. The highest BCUT2D eigenvalue weighted by molar-refractivity contribution is 7.60. The van der Waals surface area contributed by atoms with Crippen LogP contribution in [-0.2, 0) is 9.36 Å². The molecule has 5 rings (SSSR count). The van der Waals surface area contributed by atoms with Crippen molar-refractivity contribution in [3.8, 4) is 16.9 Å². The number of rotatable bonds is 8. The van der Waals surface area contributed by atoms with Gasteiger partial charge in [-0.3, -0.25) is 9.36 Å². The van der Waals surface area contributed by atoms with Gasteiger partial charge in [-0.25, -0.2) is 4.39 Å². The first-order valence-corrected chi connectivity index (χ1v) is 14.1. The third-order valence-electron chi connectivity index (χ3n) is 7.14. The highest BCUT2D eigenvalue weighted by Gasteiger charge is 2.49. The molecule has 39 heavy (non-hydrogen) atoms. The number of nitrogens with zero attached hydrogens (tertiary/aromatic N) is 1. The van der Waals surface area contributed by atoms with Crippen molar-refractivity contribution in [3.05, 3.63) is 114 Å². The van der Waals surface area contributed by atoms with Crippen LogP contribution in [-0.4, -0.2) is 25.9 Å². The number of benzene rings is 4. The molecule has 0 aromatic heterocycles. The Morgan fingerprint density at radius 2 is 1.51 bits per heavy atom. The molecule has 9 heteroatoms. The fourth-order valence-corrected chi connectivity index (χ4v) is 5.61. The molecular weight excluding hydrogens is 520 g/mol. The Bertz CT molecular complexity index is 1520. The molecule has 1 aliphatic rings. The lowest BCUT2D eigenvalue weighted by Crippen LogP contribution is -2.55. The highest BCUT2D eigenvalue weighted by atomic mass is 31.2. The Morgan fingerprint density at radius 1 is 0.872 bits per heavy atom. The Kier molecular flexibility index (Phi) is 7.38. The van der Waals surface area contributed by atoms with Crippen LogP contribution in [0.25, 0.3) is 11.1 Å². The molecule has 4 aromatic carbocycles. The molecule has 1 fully saturated rings. The quantitative estimate of drug-likeness (QED) is 0.178. The van der Waals surface area contributed by atoms with Gasteiger partial charge in [0.2, 0.25) is 5.91 Å². The average Bonchev–Trinajstić information content (AvgIpc) is 2.92. The summed E-state index contributed by atoms with van der Waals surface area (Å²) in [5, 5.41) is 21.6. The molecule has 4 aromatic rings. The number of amides is 1. The van der Waals surface area contributed by atoms with Crippen LogP contribution in [0.3, 0.4) is 0 Å². The van der Waals surface area contributed by atoms with Crippen molar-refractivity contribution in [3.63, 3.8) is 0 Å². The lowest BCUT2D eigenvalue weighted by Gasteiger charge is -2.48. The Labute approximate surface area is 225 Å². The molecule has 1 amide bonds. The zero-order valence-corrected chi connectivity index (χ0v) is 21.7. The second-order valence-electron chi connectivity index (χ2n) is 9.60. The van der Waals surface area contributed by atoms with Crippen molar-refractivity contribution in [2.75, 3.05) is 4.90 Å². The fraction of sp³-hybridized carbons (Fsp3) is 0.167. The maximum Gasteiger partial charge on any atom is 0.356 e. The summed E-state index contributed by atoms with van der Waals surface area (Å²) in [7, 11) is -4.36. The van der Waals surface area contributed by atoms with E-state index in [0.717, 1.165) is 0 Å². The molecular formula is C30H27FNO6P. The van der Waals surface area contributed by atoms with E-state index in [9.17, 15) is 33.7 Å². The standard InChI is InChI=1S/C30H27FNO6P/c31-22-11-6-20(7-12-22)27(33)17-16-26-29(32(30(26)35)23-4-2-1-3-5-23)25-15-10-21(18-28(25)34)19-8-13-24(14-9-19)39(36,37)38/h1-15,18,26-27,29,33-34H,16-17H2,(H2,36,37,38)/t26-,27?,29+/m1/s1. The van der Waals surface area contributed by atoms with E-state index in [0.29, 0.717) is 34.4 Å². The summed E-state index contributed by atoms with van der Waals surface area (Å²) in [4.78, 5) is 33.6. The van der Waals surface area contributed by atoms with E-state index in [4.69, 9.17) is 0 Å². The SMILES string of the molecule is O=C1[C@H](CCC(O)c2ccc(F)cc2)[C@H](c2ccc(-c3ccc(P(=O)(O)O)cc3)cc2O)N1c1ccccc1. The smallest absolute Gasteiger partial charge is 0.356 e. The van der Waals surface area contributed by atoms with Crippen LogP contribution in [0.5, 0.6) is 5.75 Å². The van der Waals surface area contributed by atoms with E-state index in [1.807, 2.05) is 30.3 Å². The minimum Gasteiger partial charge on any atom is -0.508 e. The molecule has 7 nitrogen and oxygen atoms in total. The van der Waals surface area contributed by atoms with Crippen molar-refractivity contribution in [2.45, 2.75) is 25.0 Å². The monoisotopic (exact) mass is 547 g/mol. The first-order chi connectivity index (χ1) is 18.6. The van der Waals surface area contributed by atoms with Crippen molar-refractivity contribution in [1.82, 2.24) is 0 Å². The molecule has 1 aliphatic heterocycles. The van der Waals surface area contributed by atoms with E-state index in [1.54, 1.807) is 35.2 Å². The minimum absolute atomic E-state index is 0.0194. The van der Waals surface area contributed by atoms with E-state index >= 15 is 0 Å². The van der Waals surface area contributed by atoms with Gasteiger partial charge in [0.05, 0.1) is 23.4 Å². The van der Waals surface area contributed by atoms with Crippen LogP contribution < -0.4 is 10.2 Å². The predicted molar refractivity (Wildman–Crippen MR) is 146 cm³/mol. The van der Waals surface area contributed by atoms with Crippen molar-refractivity contribution in [1.29, 1.82) is 0 Å². The Hall–Kier alpha value is -3.81. The summed E-state index contributed by atoms with van der Waals surface area (Å²) < 4.78 is 24.8. The molecule has 200 valence electrons. The van der Waals surface area contributed by atoms with Gasteiger partial charge in [-0.15, -0.1) is 0 Å². The van der Waals surface area contributed by atoms with Crippen LogP contribution in [0.1, 0.15) is 36.1 Å². The highest BCUT2D eigenvalue weighted by Crippen LogP contribution is 2.49. The molecule has 4 N–H and O–H groups in total. The van der Waals surface area contributed by atoms with Gasteiger partial charge in [0.25, 0.3) is 0 Å². The Morgan fingerprint density at radius 3 is 2.13 bits per heavy atom. The van der Waals surface area contributed by atoms with Gasteiger partial charge in [0.15, 0.2) is 0 Å². The summed E-state index contributed by atoms with van der Waals surface area (Å²) in [6, 6.07) is 25.3. The molecule has 0 saturated carbocycles. The second kappa shape index (κ2) is 10.8. The number of anilines is 1. The van der Waals surface area contributed by atoms with Crippen molar-refractivity contribution >= 4 is 24.5 Å². The van der Waals surface area contributed by atoms with Gasteiger partial charge in [-0.1, -0.05) is 54.6 Å². The molecule has 0 aliphatic carbocycles. The summed E-state index contributed by atoms with van der Waals surface area (Å²) in [6.45, 7) is 0. The van der Waals surface area contributed by atoms with E-state index in [2.05, 4.69) is 0 Å². The van der Waals surface area contributed by atoms with Crippen LogP contribution >= 0.6 is 7.60 Å². The maximum atomic E-state index is 13.3. The second-order valence-corrected chi connectivity index (χ2v) is 11.2. The van der Waals surface area contributed by atoms with Crippen molar-refractivity contribution in [2.24, 2.45) is 5.92 Å². The number of aliphatic hydroxyl groups excluding tert-OH is 1. The summed E-state index contributed by atoms with van der Waals surface area (Å²) >= 11 is 0. The van der Waals surface area contributed by atoms with Gasteiger partial charge in [0, 0.05) is 11.3 Å². The van der Waals surface area contributed by atoms with Gasteiger partial charge >= 0.3 is 7.60 Å². The molecule has 1 saturated heterocycles. The molecule has 0 spiro atoms. The largest absolute Gasteiger partial charge is 0.508 e. The topological polar surface area (TPSA) is 118 Å². The molecule has 0 bridgehead atoms.